The molecule has 0 bridgehead atoms. The monoisotopic (exact) mass is 325 g/mol. The van der Waals surface area contributed by atoms with Crippen LogP contribution in [0.25, 0.3) is 6.08 Å². The number of methoxy groups -OCH3 is 1. The number of nitrogens with one attached hydrogen (secondary N) is 1. The molecule has 0 atom stereocenters. The summed E-state index contributed by atoms with van der Waals surface area (Å²) in [6.07, 6.45) is 4.20. The number of amides is 1. The molecule has 2 rings (SSSR count). The molecule has 0 aliphatic carbocycles. The van der Waals surface area contributed by atoms with Crippen molar-refractivity contribution in [3.63, 3.8) is 0 Å². The summed E-state index contributed by atoms with van der Waals surface area (Å²) in [6, 6.07) is 13.2. The predicted molar refractivity (Wildman–Crippen MR) is 97.6 cm³/mol. The van der Waals surface area contributed by atoms with Crippen molar-refractivity contribution in [2.24, 2.45) is 0 Å². The maximum absolute atomic E-state index is 12.1. The Morgan fingerprint density at radius 1 is 1.21 bits per heavy atom. The highest BCUT2D eigenvalue weighted by Crippen LogP contribution is 2.22. The van der Waals surface area contributed by atoms with Crippen LogP contribution in [0.1, 0.15) is 24.5 Å². The van der Waals surface area contributed by atoms with E-state index in [4.69, 9.17) is 9.47 Å². The minimum Gasteiger partial charge on any atom is -0.496 e. The molecule has 0 spiro atoms. The maximum atomic E-state index is 12.1. The average molecular weight is 325 g/mol. The van der Waals surface area contributed by atoms with Crippen molar-refractivity contribution < 1.29 is 14.3 Å². The van der Waals surface area contributed by atoms with Crippen molar-refractivity contribution in [2.45, 2.75) is 20.3 Å². The van der Waals surface area contributed by atoms with E-state index in [9.17, 15) is 4.79 Å². The zero-order valence-electron chi connectivity index (χ0n) is 14.3. The van der Waals surface area contributed by atoms with Gasteiger partial charge in [-0.25, -0.2) is 0 Å². The molecule has 4 nitrogen and oxygen atoms in total. The van der Waals surface area contributed by atoms with Gasteiger partial charge in [-0.1, -0.05) is 25.1 Å². The van der Waals surface area contributed by atoms with E-state index >= 15 is 0 Å². The summed E-state index contributed by atoms with van der Waals surface area (Å²) < 4.78 is 10.8. The van der Waals surface area contributed by atoms with Crippen LogP contribution in [0, 0.1) is 6.92 Å². The molecule has 0 fully saturated rings. The van der Waals surface area contributed by atoms with Gasteiger partial charge in [0.1, 0.15) is 11.5 Å². The van der Waals surface area contributed by atoms with Gasteiger partial charge in [0.15, 0.2) is 0 Å². The number of rotatable bonds is 7. The summed E-state index contributed by atoms with van der Waals surface area (Å²) >= 11 is 0. The van der Waals surface area contributed by atoms with Crippen LogP contribution in [0.3, 0.4) is 0 Å². The number of benzene rings is 2. The molecule has 0 heterocycles. The topological polar surface area (TPSA) is 47.6 Å². The normalized spacial score (nSPS) is 10.6. The molecule has 24 heavy (non-hydrogen) atoms. The van der Waals surface area contributed by atoms with Gasteiger partial charge in [0.05, 0.1) is 13.7 Å². The largest absolute Gasteiger partial charge is 0.496 e. The highest BCUT2D eigenvalue weighted by molar-refractivity contribution is 6.02. The summed E-state index contributed by atoms with van der Waals surface area (Å²) in [4.78, 5) is 12.1. The highest BCUT2D eigenvalue weighted by atomic mass is 16.5. The lowest BCUT2D eigenvalue weighted by Gasteiger charge is -2.10. The molecule has 0 saturated carbocycles. The minimum atomic E-state index is -0.189. The lowest BCUT2D eigenvalue weighted by molar-refractivity contribution is -0.111. The predicted octanol–water partition coefficient (Wildman–Crippen LogP) is 4.44. The molecule has 0 unspecified atom stereocenters. The van der Waals surface area contributed by atoms with Gasteiger partial charge in [-0.3, -0.25) is 4.79 Å². The molecule has 4 heteroatoms. The van der Waals surface area contributed by atoms with Gasteiger partial charge in [-0.2, -0.15) is 0 Å². The first-order chi connectivity index (χ1) is 11.6. The van der Waals surface area contributed by atoms with Crippen molar-refractivity contribution in [2.75, 3.05) is 19.0 Å². The second-order valence-electron chi connectivity index (χ2n) is 5.39. The fourth-order valence-electron chi connectivity index (χ4n) is 2.23. The van der Waals surface area contributed by atoms with Crippen LogP contribution >= 0.6 is 0 Å². The first-order valence-electron chi connectivity index (χ1n) is 7.99. The van der Waals surface area contributed by atoms with Crippen LogP contribution in [-0.4, -0.2) is 19.6 Å². The van der Waals surface area contributed by atoms with Gasteiger partial charge < -0.3 is 14.8 Å². The Bertz CT molecular complexity index is 723. The summed E-state index contributed by atoms with van der Waals surface area (Å²) in [5.41, 5.74) is 2.59. The van der Waals surface area contributed by atoms with E-state index in [-0.39, 0.29) is 5.91 Å². The lowest BCUT2D eigenvalue weighted by atomic mass is 10.1. The van der Waals surface area contributed by atoms with Crippen molar-refractivity contribution in [3.8, 4) is 11.5 Å². The molecule has 2 aromatic rings. The van der Waals surface area contributed by atoms with Crippen LogP contribution in [-0.2, 0) is 4.79 Å². The van der Waals surface area contributed by atoms with Crippen LogP contribution < -0.4 is 14.8 Å². The molecule has 0 radical (unpaired) electrons. The SMILES string of the molecule is CCCOc1ccc(NC(=O)C=Cc2ccccc2OC)c(C)c1. The molecule has 1 amide bonds. The van der Waals surface area contributed by atoms with Gasteiger partial charge in [0.2, 0.25) is 5.91 Å². The van der Waals surface area contributed by atoms with Crippen LogP contribution in [0.4, 0.5) is 5.69 Å². The van der Waals surface area contributed by atoms with E-state index in [1.54, 1.807) is 13.2 Å². The van der Waals surface area contributed by atoms with Crippen molar-refractivity contribution >= 4 is 17.7 Å². The molecular weight excluding hydrogens is 302 g/mol. The molecule has 0 aliphatic heterocycles. The second-order valence-corrected chi connectivity index (χ2v) is 5.39. The number of aryl methyl sites for hydroxylation is 1. The summed E-state index contributed by atoms with van der Waals surface area (Å²) in [5, 5.41) is 2.88. The van der Waals surface area contributed by atoms with Gasteiger partial charge in [-0.05, 0) is 49.2 Å². The number of carbonyl (C=O) groups is 1. The zero-order valence-corrected chi connectivity index (χ0v) is 14.3. The quantitative estimate of drug-likeness (QED) is 0.765. The first-order valence-corrected chi connectivity index (χ1v) is 7.99. The van der Waals surface area contributed by atoms with E-state index in [1.165, 1.54) is 6.08 Å². The van der Waals surface area contributed by atoms with E-state index < -0.39 is 0 Å². The van der Waals surface area contributed by atoms with Gasteiger partial charge in [0, 0.05) is 17.3 Å². The van der Waals surface area contributed by atoms with Crippen molar-refractivity contribution in [1.82, 2.24) is 0 Å². The summed E-state index contributed by atoms with van der Waals surface area (Å²) in [6.45, 7) is 4.70. The van der Waals surface area contributed by atoms with E-state index in [0.717, 1.165) is 34.7 Å². The molecule has 2 aromatic carbocycles. The standard InChI is InChI=1S/C20H23NO3/c1-4-13-24-17-10-11-18(15(2)14-17)21-20(22)12-9-16-7-5-6-8-19(16)23-3/h5-12,14H,4,13H2,1-3H3,(H,21,22). The molecule has 126 valence electrons. The van der Waals surface area contributed by atoms with Crippen LogP contribution in [0.5, 0.6) is 11.5 Å². The molecule has 0 aliphatic rings. The third-order valence-electron chi connectivity index (χ3n) is 3.48. The zero-order chi connectivity index (χ0) is 17.4. The van der Waals surface area contributed by atoms with E-state index in [1.807, 2.05) is 49.4 Å². The average Bonchev–Trinajstić information content (AvgIpc) is 2.60. The molecule has 0 aromatic heterocycles. The van der Waals surface area contributed by atoms with Crippen LogP contribution in [0.2, 0.25) is 0 Å². The highest BCUT2D eigenvalue weighted by Gasteiger charge is 2.04. The Labute approximate surface area is 143 Å². The Morgan fingerprint density at radius 3 is 2.71 bits per heavy atom. The number of anilines is 1. The van der Waals surface area contributed by atoms with Crippen molar-refractivity contribution in [3.05, 3.63) is 59.7 Å². The number of ether oxygens (including phenoxy) is 2. The Morgan fingerprint density at radius 2 is 2.00 bits per heavy atom. The molecule has 1 N–H and O–H groups in total. The number of carbonyl (C=O) groups excluding carboxylic acids is 1. The minimum absolute atomic E-state index is 0.189. The number of hydrogen-bond acceptors (Lipinski definition) is 3. The summed E-state index contributed by atoms with van der Waals surface area (Å²) in [5.74, 6) is 1.36. The van der Waals surface area contributed by atoms with E-state index in [0.29, 0.717) is 6.61 Å². The molecular formula is C20H23NO3. The third kappa shape index (κ3) is 4.88. The summed E-state index contributed by atoms with van der Waals surface area (Å²) in [7, 11) is 1.61. The number of hydrogen-bond donors (Lipinski definition) is 1. The smallest absolute Gasteiger partial charge is 0.248 e. The fraction of sp³-hybridized carbons (Fsp3) is 0.250. The lowest BCUT2D eigenvalue weighted by Crippen LogP contribution is -2.09. The Balaban J connectivity index is 2.03. The van der Waals surface area contributed by atoms with Gasteiger partial charge in [-0.15, -0.1) is 0 Å². The third-order valence-corrected chi connectivity index (χ3v) is 3.48. The first kappa shape index (κ1) is 17.6. The Kier molecular flexibility index (Phi) is 6.43. The van der Waals surface area contributed by atoms with Crippen molar-refractivity contribution in [1.29, 1.82) is 0 Å². The maximum Gasteiger partial charge on any atom is 0.248 e. The molecule has 0 saturated heterocycles. The van der Waals surface area contributed by atoms with Crippen LogP contribution in [0.15, 0.2) is 48.5 Å². The van der Waals surface area contributed by atoms with E-state index in [2.05, 4.69) is 12.2 Å². The Hall–Kier alpha value is -2.75. The fourth-order valence-corrected chi connectivity index (χ4v) is 2.23. The number of para-hydroxylation sites is 1. The second kappa shape index (κ2) is 8.77. The van der Waals surface area contributed by atoms with Gasteiger partial charge >= 0.3 is 0 Å². The van der Waals surface area contributed by atoms with Gasteiger partial charge in [0.25, 0.3) is 0 Å².